The van der Waals surface area contributed by atoms with Gasteiger partial charge in [-0.15, -0.1) is 0 Å². The van der Waals surface area contributed by atoms with E-state index in [1.165, 1.54) is 6.33 Å². The summed E-state index contributed by atoms with van der Waals surface area (Å²) in [6, 6.07) is -0.0340. The van der Waals surface area contributed by atoms with Crippen LogP contribution in [0.1, 0.15) is 25.6 Å². The molecule has 1 saturated heterocycles. The largest absolute Gasteiger partial charge is 0.353 e. The van der Waals surface area contributed by atoms with Crippen molar-refractivity contribution in [1.29, 1.82) is 0 Å². The molecule has 2 aliphatic rings. The van der Waals surface area contributed by atoms with E-state index in [1.807, 2.05) is 18.4 Å². The van der Waals surface area contributed by atoms with Gasteiger partial charge in [0.1, 0.15) is 24.3 Å². The quantitative estimate of drug-likeness (QED) is 0.576. The number of imidazole rings is 1. The van der Waals surface area contributed by atoms with Gasteiger partial charge in [-0.05, 0) is 26.7 Å². The number of rotatable bonds is 7. The molecular formula is C21H25FN8O. The summed E-state index contributed by atoms with van der Waals surface area (Å²) < 4.78 is 15.3. The number of aldehydes is 1. The number of halogens is 1. The molecule has 9 nitrogen and oxygen atoms in total. The summed E-state index contributed by atoms with van der Waals surface area (Å²) in [7, 11) is 0. The van der Waals surface area contributed by atoms with E-state index in [0.29, 0.717) is 23.7 Å². The Labute approximate surface area is 179 Å². The Bertz CT molecular complexity index is 1100. The molecular weight excluding hydrogens is 399 g/mol. The third-order valence-corrected chi connectivity index (χ3v) is 6.39. The fourth-order valence-electron chi connectivity index (χ4n) is 4.75. The summed E-state index contributed by atoms with van der Waals surface area (Å²) in [5, 5.41) is 3.50. The van der Waals surface area contributed by atoms with Crippen LogP contribution in [0.15, 0.2) is 18.7 Å². The van der Waals surface area contributed by atoms with Crippen LogP contribution in [0.4, 0.5) is 10.2 Å². The van der Waals surface area contributed by atoms with E-state index in [2.05, 4.69) is 30.2 Å². The Morgan fingerprint density at radius 2 is 2.06 bits per heavy atom. The van der Waals surface area contributed by atoms with E-state index < -0.39 is 6.67 Å². The van der Waals surface area contributed by atoms with Crippen molar-refractivity contribution in [2.75, 3.05) is 18.5 Å². The summed E-state index contributed by atoms with van der Waals surface area (Å²) in [5.41, 5.74) is 2.23. The molecule has 10 heteroatoms. The molecule has 31 heavy (non-hydrogen) atoms. The average molecular weight is 424 g/mol. The van der Waals surface area contributed by atoms with Gasteiger partial charge in [0.15, 0.2) is 17.0 Å². The van der Waals surface area contributed by atoms with Crippen LogP contribution in [0.2, 0.25) is 0 Å². The molecule has 1 aliphatic heterocycles. The van der Waals surface area contributed by atoms with Gasteiger partial charge < -0.3 is 14.7 Å². The summed E-state index contributed by atoms with van der Waals surface area (Å²) in [4.78, 5) is 35.9. The van der Waals surface area contributed by atoms with Crippen molar-refractivity contribution < 1.29 is 9.18 Å². The number of carbonyl (C=O) groups is 1. The minimum Gasteiger partial charge on any atom is -0.353 e. The van der Waals surface area contributed by atoms with E-state index in [-0.39, 0.29) is 24.0 Å². The van der Waals surface area contributed by atoms with Crippen LogP contribution in [-0.4, -0.2) is 66.1 Å². The van der Waals surface area contributed by atoms with Gasteiger partial charge in [0.25, 0.3) is 0 Å². The molecule has 0 spiro atoms. The van der Waals surface area contributed by atoms with Gasteiger partial charge in [0.2, 0.25) is 0 Å². The number of hydrogen-bond acceptors (Lipinski definition) is 8. The molecule has 5 rings (SSSR count). The second kappa shape index (κ2) is 7.92. The van der Waals surface area contributed by atoms with Gasteiger partial charge in [0.05, 0.1) is 18.4 Å². The molecule has 4 heterocycles. The lowest BCUT2D eigenvalue weighted by Gasteiger charge is -2.26. The molecule has 3 aromatic rings. The summed E-state index contributed by atoms with van der Waals surface area (Å²) in [6.07, 6.45) is 7.83. The van der Waals surface area contributed by atoms with E-state index in [0.717, 1.165) is 42.7 Å². The van der Waals surface area contributed by atoms with E-state index in [4.69, 9.17) is 4.98 Å². The van der Waals surface area contributed by atoms with Gasteiger partial charge in [0, 0.05) is 43.4 Å². The van der Waals surface area contributed by atoms with Crippen LogP contribution in [0.25, 0.3) is 22.6 Å². The Kier molecular flexibility index (Phi) is 5.09. The SMILES string of the molecule is CCn1c(-c2cnc(C)nc2)nc2c(NC3CCCN3C3C(C=O)C3CF)ncnc21. The zero-order chi connectivity index (χ0) is 21.5. The van der Waals surface area contributed by atoms with Crippen molar-refractivity contribution in [2.45, 2.75) is 45.4 Å². The minimum atomic E-state index is -0.460. The average Bonchev–Trinajstić information content (AvgIpc) is 3.10. The molecule has 2 fully saturated rings. The lowest BCUT2D eigenvalue weighted by atomic mass is 10.3. The first-order valence-electron chi connectivity index (χ1n) is 10.7. The zero-order valence-electron chi connectivity index (χ0n) is 17.6. The highest BCUT2D eigenvalue weighted by Gasteiger charge is 2.55. The number of aromatic nitrogens is 6. The van der Waals surface area contributed by atoms with E-state index in [1.54, 1.807) is 12.4 Å². The van der Waals surface area contributed by atoms with Crippen molar-refractivity contribution in [3.63, 3.8) is 0 Å². The number of anilines is 1. The Balaban J connectivity index is 1.48. The number of hydrogen-bond donors (Lipinski definition) is 1. The highest BCUT2D eigenvalue weighted by molar-refractivity contribution is 5.86. The first kappa shape index (κ1) is 19.9. The van der Waals surface area contributed by atoms with Crippen molar-refractivity contribution >= 4 is 23.3 Å². The summed E-state index contributed by atoms with van der Waals surface area (Å²) in [6.45, 7) is 4.95. The fourth-order valence-corrected chi connectivity index (χ4v) is 4.75. The third kappa shape index (κ3) is 3.34. The third-order valence-electron chi connectivity index (χ3n) is 6.39. The summed E-state index contributed by atoms with van der Waals surface area (Å²) in [5.74, 6) is 1.67. The number of nitrogens with zero attached hydrogens (tertiary/aromatic N) is 7. The maximum atomic E-state index is 13.3. The topological polar surface area (TPSA) is 102 Å². The fraction of sp³-hybridized carbons (Fsp3) is 0.524. The van der Waals surface area contributed by atoms with Gasteiger partial charge in [-0.1, -0.05) is 0 Å². The molecule has 1 saturated carbocycles. The normalized spacial score (nSPS) is 25.8. The van der Waals surface area contributed by atoms with Crippen LogP contribution < -0.4 is 5.32 Å². The van der Waals surface area contributed by atoms with Gasteiger partial charge in [-0.2, -0.15) is 0 Å². The zero-order valence-corrected chi connectivity index (χ0v) is 17.6. The van der Waals surface area contributed by atoms with Crippen LogP contribution >= 0.6 is 0 Å². The second-order valence-electron chi connectivity index (χ2n) is 8.16. The van der Waals surface area contributed by atoms with Gasteiger partial charge in [-0.25, -0.2) is 24.9 Å². The van der Waals surface area contributed by atoms with Crippen molar-refractivity contribution in [3.8, 4) is 11.4 Å². The molecule has 0 radical (unpaired) electrons. The molecule has 1 aliphatic carbocycles. The lowest BCUT2D eigenvalue weighted by Crippen LogP contribution is -2.39. The smallest absolute Gasteiger partial charge is 0.165 e. The Hall–Kier alpha value is -3.01. The molecule has 0 bridgehead atoms. The molecule has 0 amide bonds. The van der Waals surface area contributed by atoms with E-state index in [9.17, 15) is 9.18 Å². The number of aryl methyl sites for hydroxylation is 2. The molecule has 4 atom stereocenters. The predicted octanol–water partition coefficient (Wildman–Crippen LogP) is 2.23. The number of nitrogens with one attached hydrogen (secondary N) is 1. The van der Waals surface area contributed by atoms with Crippen molar-refractivity contribution in [3.05, 3.63) is 24.5 Å². The maximum Gasteiger partial charge on any atom is 0.165 e. The summed E-state index contributed by atoms with van der Waals surface area (Å²) >= 11 is 0. The molecule has 162 valence electrons. The van der Waals surface area contributed by atoms with Crippen LogP contribution in [0, 0.1) is 18.8 Å². The Morgan fingerprint density at radius 3 is 2.74 bits per heavy atom. The molecule has 0 aromatic carbocycles. The van der Waals surface area contributed by atoms with E-state index >= 15 is 0 Å². The number of likely N-dealkylation sites (tertiary alicyclic amines) is 1. The van der Waals surface area contributed by atoms with Crippen LogP contribution in [0.5, 0.6) is 0 Å². The molecule has 3 aromatic heterocycles. The second-order valence-corrected chi connectivity index (χ2v) is 8.16. The van der Waals surface area contributed by atoms with Crippen molar-refractivity contribution in [1.82, 2.24) is 34.4 Å². The molecule has 1 N–H and O–H groups in total. The molecule has 4 unspecified atom stereocenters. The highest BCUT2D eigenvalue weighted by atomic mass is 19.1. The predicted molar refractivity (Wildman–Crippen MR) is 113 cm³/mol. The van der Waals surface area contributed by atoms with Crippen LogP contribution in [-0.2, 0) is 11.3 Å². The first-order chi connectivity index (χ1) is 15.2. The first-order valence-corrected chi connectivity index (χ1v) is 10.7. The van der Waals surface area contributed by atoms with Crippen LogP contribution in [0.3, 0.4) is 0 Å². The Morgan fingerprint density at radius 1 is 1.26 bits per heavy atom. The number of alkyl halides is 1. The lowest BCUT2D eigenvalue weighted by molar-refractivity contribution is -0.109. The van der Waals surface area contributed by atoms with Gasteiger partial charge in [-0.3, -0.25) is 9.29 Å². The highest BCUT2D eigenvalue weighted by Crippen LogP contribution is 2.45. The number of carbonyl (C=O) groups excluding carboxylic acids is 1. The van der Waals surface area contributed by atoms with Crippen molar-refractivity contribution in [2.24, 2.45) is 11.8 Å². The standard InChI is InChI=1S/C21H25FN8O/c1-3-29-20(13-8-23-12(2)24-9-13)28-17-19(25-11-26-21(17)29)27-16-5-4-6-30(16)18-14(7-22)15(18)10-31/h8-11,14-16,18H,3-7H2,1-2H3,(H,25,26,27). The number of fused-ring (bicyclic) bond motifs is 1. The minimum absolute atomic E-state index is 0.0139. The van der Waals surface area contributed by atoms with Gasteiger partial charge >= 0.3 is 0 Å². The monoisotopic (exact) mass is 424 g/mol. The maximum absolute atomic E-state index is 13.3.